The number of carbonyl (C=O) groups is 1. The van der Waals surface area contributed by atoms with Crippen LogP contribution < -0.4 is 15.8 Å². The molecule has 29 heavy (non-hydrogen) atoms. The molecule has 0 saturated carbocycles. The Balaban J connectivity index is 1.98. The van der Waals surface area contributed by atoms with Crippen LogP contribution in [0.1, 0.15) is 24.2 Å². The van der Waals surface area contributed by atoms with E-state index in [0.29, 0.717) is 11.0 Å². The third-order valence-corrected chi connectivity index (χ3v) is 4.51. The molecule has 3 rings (SSSR count). The van der Waals surface area contributed by atoms with E-state index in [1.54, 1.807) is 6.07 Å². The number of nitro groups is 1. The maximum Gasteiger partial charge on any atom is 0.271 e. The van der Waals surface area contributed by atoms with Crippen LogP contribution >= 0.6 is 0 Å². The Labute approximate surface area is 166 Å². The number of hydrogen-bond donors (Lipinski definition) is 2. The number of hydrogen-bond acceptors (Lipinski definition) is 7. The summed E-state index contributed by atoms with van der Waals surface area (Å²) in [5.41, 5.74) is 1.25. The highest BCUT2D eigenvalue weighted by Crippen LogP contribution is 2.23. The van der Waals surface area contributed by atoms with Crippen LogP contribution in [0.3, 0.4) is 0 Å². The second kappa shape index (κ2) is 8.42. The Bertz CT molecular complexity index is 1140. The van der Waals surface area contributed by atoms with Crippen LogP contribution in [0.2, 0.25) is 0 Å². The van der Waals surface area contributed by atoms with Crippen LogP contribution in [0.25, 0.3) is 11.0 Å². The van der Waals surface area contributed by atoms with E-state index in [1.807, 2.05) is 32.0 Å². The molecule has 0 spiro atoms. The quantitative estimate of drug-likeness (QED) is 0.372. The fourth-order valence-corrected chi connectivity index (χ4v) is 3.03. The van der Waals surface area contributed by atoms with Crippen molar-refractivity contribution in [2.24, 2.45) is 5.16 Å². The molecule has 0 fully saturated rings. The first-order chi connectivity index (χ1) is 14.0. The molecule has 1 aromatic heterocycles. The molecular weight excluding hydrogens is 376 g/mol. The van der Waals surface area contributed by atoms with Gasteiger partial charge in [0.1, 0.15) is 11.1 Å². The molecule has 2 aromatic carbocycles. The Kier molecular flexibility index (Phi) is 5.77. The number of fused-ring (bicyclic) bond motifs is 1. The summed E-state index contributed by atoms with van der Waals surface area (Å²) in [6.07, 6.45) is 0. The predicted molar refractivity (Wildman–Crippen MR) is 108 cm³/mol. The van der Waals surface area contributed by atoms with Gasteiger partial charge in [0, 0.05) is 48.0 Å². The van der Waals surface area contributed by atoms with Gasteiger partial charge in [-0.3, -0.25) is 14.9 Å². The number of anilines is 2. The van der Waals surface area contributed by atoms with Crippen molar-refractivity contribution in [1.29, 1.82) is 0 Å². The fourth-order valence-electron chi connectivity index (χ4n) is 3.03. The van der Waals surface area contributed by atoms with Crippen molar-refractivity contribution in [3.8, 4) is 0 Å². The van der Waals surface area contributed by atoms with Gasteiger partial charge in [0.15, 0.2) is 0 Å². The molecule has 1 amide bonds. The van der Waals surface area contributed by atoms with E-state index in [-0.39, 0.29) is 22.5 Å². The van der Waals surface area contributed by atoms with Crippen LogP contribution in [0.4, 0.5) is 17.1 Å². The van der Waals surface area contributed by atoms with E-state index < -0.39 is 10.8 Å². The summed E-state index contributed by atoms with van der Waals surface area (Å²) in [5, 5.41) is 26.5. The van der Waals surface area contributed by atoms with Crippen molar-refractivity contribution in [2.45, 2.75) is 13.8 Å². The van der Waals surface area contributed by atoms with E-state index in [1.165, 1.54) is 24.3 Å². The number of benzene rings is 2. The Morgan fingerprint density at radius 1 is 1.21 bits per heavy atom. The molecule has 150 valence electrons. The van der Waals surface area contributed by atoms with Crippen LogP contribution in [0.5, 0.6) is 0 Å². The lowest BCUT2D eigenvalue weighted by molar-refractivity contribution is -0.384. The molecule has 0 aliphatic rings. The largest absolute Gasteiger partial charge is 0.435 e. The molecule has 9 nitrogen and oxygen atoms in total. The van der Waals surface area contributed by atoms with Gasteiger partial charge >= 0.3 is 0 Å². The molecule has 9 heteroatoms. The monoisotopic (exact) mass is 396 g/mol. The molecule has 0 bridgehead atoms. The van der Waals surface area contributed by atoms with Gasteiger partial charge in [0.2, 0.25) is 0 Å². The maximum absolute atomic E-state index is 12.7. The van der Waals surface area contributed by atoms with Crippen molar-refractivity contribution in [3.05, 3.63) is 69.8 Å². The molecule has 2 N–H and O–H groups in total. The molecular formula is C20H20N4O5. The average Bonchev–Trinajstić information content (AvgIpc) is 2.73. The number of nitrogens with one attached hydrogen (secondary N) is 1. The smallest absolute Gasteiger partial charge is 0.271 e. The summed E-state index contributed by atoms with van der Waals surface area (Å²) in [4.78, 5) is 25.1. The number of nitrogens with zero attached hydrogens (tertiary/aromatic N) is 3. The van der Waals surface area contributed by atoms with E-state index in [0.717, 1.165) is 18.8 Å². The second-order valence-electron chi connectivity index (χ2n) is 6.22. The van der Waals surface area contributed by atoms with Gasteiger partial charge in [-0.25, -0.2) is 0 Å². The average molecular weight is 396 g/mol. The van der Waals surface area contributed by atoms with E-state index in [4.69, 9.17) is 4.42 Å². The maximum atomic E-state index is 12.7. The standard InChI is InChI=1S/C20H20N4O5/c1-3-23(4-2)15-9-8-13-10-17(20(22-26)29-18(13)12-15)19(25)21-14-6-5-7-16(11-14)24(27)28/h5-12,26H,3-4H2,1-2H3,(H,21,25). The van der Waals surface area contributed by atoms with Crippen molar-refractivity contribution in [2.75, 3.05) is 23.3 Å². The molecule has 0 radical (unpaired) electrons. The van der Waals surface area contributed by atoms with Gasteiger partial charge in [0.05, 0.1) is 4.92 Å². The topological polar surface area (TPSA) is 121 Å². The zero-order valence-corrected chi connectivity index (χ0v) is 16.0. The van der Waals surface area contributed by atoms with Gasteiger partial charge in [-0.15, -0.1) is 0 Å². The molecule has 0 atom stereocenters. The summed E-state index contributed by atoms with van der Waals surface area (Å²) >= 11 is 0. The van der Waals surface area contributed by atoms with Crippen LogP contribution in [0.15, 0.2) is 58.1 Å². The van der Waals surface area contributed by atoms with Gasteiger partial charge in [-0.05, 0) is 43.3 Å². The minimum atomic E-state index is -0.614. The van der Waals surface area contributed by atoms with Crippen molar-refractivity contribution < 1.29 is 19.3 Å². The minimum absolute atomic E-state index is 0.00194. The van der Waals surface area contributed by atoms with Crippen LogP contribution in [-0.4, -0.2) is 29.1 Å². The van der Waals surface area contributed by atoms with Crippen molar-refractivity contribution >= 4 is 33.9 Å². The Hall–Kier alpha value is -3.88. The van der Waals surface area contributed by atoms with Gasteiger partial charge < -0.3 is 19.8 Å². The highest BCUT2D eigenvalue weighted by atomic mass is 16.6. The zero-order chi connectivity index (χ0) is 21.0. The van der Waals surface area contributed by atoms with Crippen LogP contribution in [0, 0.1) is 10.1 Å². The predicted octanol–water partition coefficient (Wildman–Crippen LogP) is 3.73. The van der Waals surface area contributed by atoms with Crippen LogP contribution in [-0.2, 0) is 0 Å². The third kappa shape index (κ3) is 4.18. The summed E-state index contributed by atoms with van der Waals surface area (Å²) in [5.74, 6) is -0.614. The van der Waals surface area contributed by atoms with Gasteiger partial charge in [-0.2, -0.15) is 0 Å². The van der Waals surface area contributed by atoms with Gasteiger partial charge in [-0.1, -0.05) is 6.07 Å². The lowest BCUT2D eigenvalue weighted by Crippen LogP contribution is -2.23. The zero-order valence-electron chi connectivity index (χ0n) is 16.0. The fraction of sp³-hybridized carbons (Fsp3) is 0.200. The molecule has 0 aliphatic heterocycles. The van der Waals surface area contributed by atoms with E-state index >= 15 is 0 Å². The first-order valence-electron chi connectivity index (χ1n) is 9.03. The molecule has 3 aromatic rings. The summed E-state index contributed by atoms with van der Waals surface area (Å²) in [7, 11) is 0. The van der Waals surface area contributed by atoms with E-state index in [2.05, 4.69) is 15.4 Å². The number of amides is 1. The number of non-ortho nitro benzene ring substituents is 1. The lowest BCUT2D eigenvalue weighted by Gasteiger charge is -2.21. The van der Waals surface area contributed by atoms with E-state index in [9.17, 15) is 20.1 Å². The SMILES string of the molecule is CCN(CC)c1ccc2cc(C(=O)Nc3cccc([N+](=O)[O-])c3)c(=NO)oc2c1. The number of carbonyl (C=O) groups excluding carboxylic acids is 1. The second-order valence-corrected chi connectivity index (χ2v) is 6.22. The lowest BCUT2D eigenvalue weighted by atomic mass is 10.1. The number of rotatable bonds is 6. The highest BCUT2D eigenvalue weighted by molar-refractivity contribution is 6.05. The highest BCUT2D eigenvalue weighted by Gasteiger charge is 2.15. The molecule has 0 unspecified atom stereocenters. The first kappa shape index (κ1) is 19.9. The Morgan fingerprint density at radius 3 is 2.62 bits per heavy atom. The molecule has 0 saturated heterocycles. The Morgan fingerprint density at radius 2 is 1.97 bits per heavy atom. The molecule has 1 heterocycles. The minimum Gasteiger partial charge on any atom is -0.435 e. The van der Waals surface area contributed by atoms with Crippen molar-refractivity contribution in [3.63, 3.8) is 0 Å². The van der Waals surface area contributed by atoms with Gasteiger partial charge in [0.25, 0.3) is 17.1 Å². The first-order valence-corrected chi connectivity index (χ1v) is 9.03. The summed E-state index contributed by atoms with van der Waals surface area (Å²) < 4.78 is 5.63. The third-order valence-electron chi connectivity index (χ3n) is 4.51. The number of nitro benzene ring substituents is 1. The van der Waals surface area contributed by atoms with Crippen molar-refractivity contribution in [1.82, 2.24) is 0 Å². The molecule has 0 aliphatic carbocycles. The normalized spacial score (nSPS) is 11.4. The summed E-state index contributed by atoms with van der Waals surface area (Å²) in [6, 6.07) is 12.7. The summed E-state index contributed by atoms with van der Waals surface area (Å²) in [6.45, 7) is 5.73.